The van der Waals surface area contributed by atoms with Crippen molar-refractivity contribution >= 4 is 29.2 Å². The first-order valence-electron chi connectivity index (χ1n) is 6.46. The lowest BCUT2D eigenvalue weighted by Crippen LogP contribution is -2.11. The zero-order valence-electron chi connectivity index (χ0n) is 11.5. The minimum atomic E-state index is -0.453. The molecule has 0 spiro atoms. The number of rotatable bonds is 5. The van der Waals surface area contributed by atoms with Crippen LogP contribution in [0.2, 0.25) is 5.02 Å². The SMILES string of the molecule is CCOC(=O)c1cnc(Cc2ccc(Cl)cc2)nc1CCl. The smallest absolute Gasteiger partial charge is 0.341 e. The highest BCUT2D eigenvalue weighted by atomic mass is 35.5. The number of ether oxygens (including phenoxy) is 1. The number of alkyl halides is 1. The second kappa shape index (κ2) is 7.38. The molecule has 0 atom stereocenters. The molecule has 1 aromatic heterocycles. The van der Waals surface area contributed by atoms with Gasteiger partial charge in [0.2, 0.25) is 0 Å². The van der Waals surface area contributed by atoms with E-state index >= 15 is 0 Å². The predicted molar refractivity (Wildman–Crippen MR) is 81.8 cm³/mol. The van der Waals surface area contributed by atoms with E-state index in [0.29, 0.717) is 35.1 Å². The summed E-state index contributed by atoms with van der Waals surface area (Å²) >= 11 is 11.7. The summed E-state index contributed by atoms with van der Waals surface area (Å²) in [7, 11) is 0. The Morgan fingerprint density at radius 1 is 1.29 bits per heavy atom. The molecule has 0 amide bonds. The van der Waals surface area contributed by atoms with Crippen LogP contribution in [0.3, 0.4) is 0 Å². The van der Waals surface area contributed by atoms with Crippen molar-refractivity contribution in [2.45, 2.75) is 19.2 Å². The molecule has 0 saturated carbocycles. The fourth-order valence-corrected chi connectivity index (χ4v) is 2.14. The third kappa shape index (κ3) is 4.16. The molecule has 1 heterocycles. The highest BCUT2D eigenvalue weighted by Crippen LogP contribution is 2.14. The van der Waals surface area contributed by atoms with Gasteiger partial charge in [0, 0.05) is 17.6 Å². The summed E-state index contributed by atoms with van der Waals surface area (Å²) < 4.78 is 4.95. The van der Waals surface area contributed by atoms with Crippen LogP contribution < -0.4 is 0 Å². The van der Waals surface area contributed by atoms with Crippen LogP contribution >= 0.6 is 23.2 Å². The van der Waals surface area contributed by atoms with E-state index in [2.05, 4.69) is 9.97 Å². The van der Waals surface area contributed by atoms with Crippen LogP contribution in [0.25, 0.3) is 0 Å². The maximum absolute atomic E-state index is 11.8. The minimum Gasteiger partial charge on any atom is -0.462 e. The van der Waals surface area contributed by atoms with Crippen molar-refractivity contribution in [3.8, 4) is 0 Å². The van der Waals surface area contributed by atoms with Crippen molar-refractivity contribution < 1.29 is 9.53 Å². The van der Waals surface area contributed by atoms with E-state index < -0.39 is 5.97 Å². The molecule has 0 bridgehead atoms. The van der Waals surface area contributed by atoms with Gasteiger partial charge in [0.15, 0.2) is 0 Å². The Kier molecular flexibility index (Phi) is 5.53. The van der Waals surface area contributed by atoms with Crippen molar-refractivity contribution in [1.29, 1.82) is 0 Å². The molecule has 0 unspecified atom stereocenters. The number of halogens is 2. The summed E-state index contributed by atoms with van der Waals surface area (Å²) in [5.41, 5.74) is 1.82. The number of hydrogen-bond donors (Lipinski definition) is 0. The second-order valence-electron chi connectivity index (χ2n) is 4.30. The van der Waals surface area contributed by atoms with E-state index in [1.165, 1.54) is 6.20 Å². The maximum Gasteiger partial charge on any atom is 0.341 e. The van der Waals surface area contributed by atoms with Crippen LogP contribution in [0.4, 0.5) is 0 Å². The number of nitrogens with zero attached hydrogens (tertiary/aromatic N) is 2. The van der Waals surface area contributed by atoms with Gasteiger partial charge in [-0.05, 0) is 24.6 Å². The van der Waals surface area contributed by atoms with Gasteiger partial charge < -0.3 is 4.74 Å². The van der Waals surface area contributed by atoms with Gasteiger partial charge >= 0.3 is 5.97 Å². The molecule has 21 heavy (non-hydrogen) atoms. The maximum atomic E-state index is 11.8. The van der Waals surface area contributed by atoms with Gasteiger partial charge in [-0.15, -0.1) is 11.6 Å². The first-order chi connectivity index (χ1) is 10.1. The van der Waals surface area contributed by atoms with Crippen molar-refractivity contribution in [3.05, 3.63) is 58.1 Å². The molecule has 2 aromatic rings. The first-order valence-corrected chi connectivity index (χ1v) is 7.37. The van der Waals surface area contributed by atoms with Crippen LogP contribution in [-0.4, -0.2) is 22.5 Å². The molecule has 2 rings (SSSR count). The summed E-state index contributed by atoms with van der Waals surface area (Å²) in [6, 6.07) is 7.44. The highest BCUT2D eigenvalue weighted by molar-refractivity contribution is 6.30. The van der Waals surface area contributed by atoms with Crippen LogP contribution in [0.15, 0.2) is 30.5 Å². The molecular formula is C15H14Cl2N2O2. The van der Waals surface area contributed by atoms with Crippen molar-refractivity contribution in [1.82, 2.24) is 9.97 Å². The molecule has 0 radical (unpaired) electrons. The Balaban J connectivity index is 2.22. The Bertz CT molecular complexity index is 630. The molecule has 0 aliphatic heterocycles. The standard InChI is InChI=1S/C15H14Cl2N2O2/c1-2-21-15(20)12-9-18-14(19-13(12)8-16)7-10-3-5-11(17)6-4-10/h3-6,9H,2,7-8H2,1H3. The first kappa shape index (κ1) is 15.7. The fraction of sp³-hybridized carbons (Fsp3) is 0.267. The largest absolute Gasteiger partial charge is 0.462 e. The van der Waals surface area contributed by atoms with Crippen molar-refractivity contribution in [3.63, 3.8) is 0 Å². The van der Waals surface area contributed by atoms with E-state index in [1.807, 2.05) is 24.3 Å². The molecule has 1 aromatic carbocycles. The normalized spacial score (nSPS) is 10.4. The lowest BCUT2D eigenvalue weighted by molar-refractivity contribution is 0.0524. The minimum absolute atomic E-state index is 0.129. The lowest BCUT2D eigenvalue weighted by Gasteiger charge is -2.07. The quantitative estimate of drug-likeness (QED) is 0.622. The molecule has 0 fully saturated rings. The third-order valence-corrected chi connectivity index (χ3v) is 3.32. The zero-order chi connectivity index (χ0) is 15.2. The Labute approximate surface area is 133 Å². The third-order valence-electron chi connectivity index (χ3n) is 2.82. The number of hydrogen-bond acceptors (Lipinski definition) is 4. The number of benzene rings is 1. The van der Waals surface area contributed by atoms with Gasteiger partial charge in [-0.25, -0.2) is 14.8 Å². The average Bonchev–Trinajstić information content (AvgIpc) is 2.49. The average molecular weight is 325 g/mol. The van der Waals surface area contributed by atoms with Crippen LogP contribution in [0.1, 0.15) is 34.4 Å². The highest BCUT2D eigenvalue weighted by Gasteiger charge is 2.15. The molecule has 110 valence electrons. The zero-order valence-corrected chi connectivity index (χ0v) is 13.0. The predicted octanol–water partition coefficient (Wildman–Crippen LogP) is 3.64. The Morgan fingerprint density at radius 3 is 2.62 bits per heavy atom. The number of esters is 1. The second-order valence-corrected chi connectivity index (χ2v) is 5.01. The monoisotopic (exact) mass is 324 g/mol. The van der Waals surface area contributed by atoms with Gasteiger partial charge in [-0.1, -0.05) is 23.7 Å². The number of carbonyl (C=O) groups excluding carboxylic acids is 1. The molecule has 0 N–H and O–H groups in total. The summed E-state index contributed by atoms with van der Waals surface area (Å²) in [4.78, 5) is 20.3. The van der Waals surface area contributed by atoms with Crippen LogP contribution in [0, 0.1) is 0 Å². The Hall–Kier alpha value is -1.65. The molecule has 0 aliphatic carbocycles. The molecular weight excluding hydrogens is 311 g/mol. The van der Waals surface area contributed by atoms with Crippen LogP contribution in [-0.2, 0) is 17.0 Å². The summed E-state index contributed by atoms with van der Waals surface area (Å²) in [6.45, 7) is 2.04. The van der Waals surface area contributed by atoms with Gasteiger partial charge in [0.05, 0.1) is 18.2 Å². The topological polar surface area (TPSA) is 52.1 Å². The summed E-state index contributed by atoms with van der Waals surface area (Å²) in [5, 5.41) is 0.679. The van der Waals surface area contributed by atoms with E-state index in [0.717, 1.165) is 5.56 Å². The molecule has 0 saturated heterocycles. The van der Waals surface area contributed by atoms with Gasteiger partial charge in [-0.2, -0.15) is 0 Å². The van der Waals surface area contributed by atoms with E-state index in [1.54, 1.807) is 6.92 Å². The van der Waals surface area contributed by atoms with Gasteiger partial charge in [0.1, 0.15) is 11.4 Å². The number of carbonyl (C=O) groups is 1. The molecule has 4 nitrogen and oxygen atoms in total. The Morgan fingerprint density at radius 2 is 2.00 bits per heavy atom. The summed E-state index contributed by atoms with van der Waals surface area (Å²) in [5.74, 6) is 0.275. The molecule has 6 heteroatoms. The van der Waals surface area contributed by atoms with E-state index in [4.69, 9.17) is 27.9 Å². The summed E-state index contributed by atoms with van der Waals surface area (Å²) in [6.07, 6.45) is 2.01. The molecule has 0 aliphatic rings. The van der Waals surface area contributed by atoms with E-state index in [-0.39, 0.29) is 5.88 Å². The van der Waals surface area contributed by atoms with Crippen molar-refractivity contribution in [2.24, 2.45) is 0 Å². The van der Waals surface area contributed by atoms with Crippen LogP contribution in [0.5, 0.6) is 0 Å². The number of aromatic nitrogens is 2. The van der Waals surface area contributed by atoms with Gasteiger partial charge in [-0.3, -0.25) is 0 Å². The van der Waals surface area contributed by atoms with Gasteiger partial charge in [0.25, 0.3) is 0 Å². The van der Waals surface area contributed by atoms with E-state index in [9.17, 15) is 4.79 Å². The fourth-order valence-electron chi connectivity index (χ4n) is 1.81. The van der Waals surface area contributed by atoms with Crippen molar-refractivity contribution in [2.75, 3.05) is 6.61 Å². The lowest BCUT2D eigenvalue weighted by atomic mass is 10.1.